The number of rotatable bonds is 2. The number of carbonyl (C=O) groups excluding carboxylic acids is 1. The van der Waals surface area contributed by atoms with Gasteiger partial charge < -0.3 is 5.32 Å². The third-order valence-corrected chi connectivity index (χ3v) is 3.55. The van der Waals surface area contributed by atoms with Gasteiger partial charge in [0.05, 0.1) is 6.04 Å². The van der Waals surface area contributed by atoms with Crippen molar-refractivity contribution in [3.05, 3.63) is 0 Å². The number of ketones is 1. The molecule has 3 nitrogen and oxygen atoms in total. The quantitative estimate of drug-likeness (QED) is 0.635. The van der Waals surface area contributed by atoms with Gasteiger partial charge in [-0.15, -0.1) is 11.8 Å². The first kappa shape index (κ1) is 8.53. The third kappa shape index (κ3) is 1.65. The van der Waals surface area contributed by atoms with Gasteiger partial charge in [0, 0.05) is 12.3 Å². The van der Waals surface area contributed by atoms with Crippen molar-refractivity contribution in [2.24, 2.45) is 0 Å². The van der Waals surface area contributed by atoms with Crippen molar-refractivity contribution in [1.82, 2.24) is 10.6 Å². The molecule has 0 aromatic heterocycles. The summed E-state index contributed by atoms with van der Waals surface area (Å²) in [5, 5.41) is 6.51. The molecule has 0 aliphatic carbocycles. The van der Waals surface area contributed by atoms with Crippen LogP contribution in [0.15, 0.2) is 0 Å². The van der Waals surface area contributed by atoms with E-state index in [0.29, 0.717) is 5.78 Å². The zero-order chi connectivity index (χ0) is 8.39. The topological polar surface area (TPSA) is 41.1 Å². The van der Waals surface area contributed by atoms with Crippen LogP contribution in [0.2, 0.25) is 0 Å². The van der Waals surface area contributed by atoms with E-state index in [0.717, 1.165) is 31.7 Å². The van der Waals surface area contributed by atoms with Gasteiger partial charge in [-0.2, -0.15) is 0 Å². The maximum atomic E-state index is 11.7. The first-order valence-corrected chi connectivity index (χ1v) is 5.55. The highest BCUT2D eigenvalue weighted by atomic mass is 32.2. The molecule has 2 N–H and O–H groups in total. The minimum Gasteiger partial charge on any atom is -0.307 e. The summed E-state index contributed by atoms with van der Waals surface area (Å²) in [4.78, 5) is 11.7. The average molecular weight is 186 g/mol. The molecule has 0 aromatic carbocycles. The van der Waals surface area contributed by atoms with E-state index in [1.807, 2.05) is 0 Å². The standard InChI is InChI=1S/C8H14N2OS/c11-7(6-2-1-3-9-6)8-10-4-5-12-8/h6,8-10H,1-5H2/t6-,8?/m0/s1. The Kier molecular flexibility index (Phi) is 2.68. The van der Waals surface area contributed by atoms with Gasteiger partial charge in [0.1, 0.15) is 5.37 Å². The Morgan fingerprint density at radius 1 is 1.33 bits per heavy atom. The lowest BCUT2D eigenvalue weighted by molar-refractivity contribution is -0.120. The lowest BCUT2D eigenvalue weighted by Crippen LogP contribution is -2.41. The van der Waals surface area contributed by atoms with Gasteiger partial charge in [-0.3, -0.25) is 10.1 Å². The average Bonchev–Trinajstić information content (AvgIpc) is 2.77. The number of hydrogen-bond donors (Lipinski definition) is 2. The van der Waals surface area contributed by atoms with Crippen LogP contribution in [0.4, 0.5) is 0 Å². The van der Waals surface area contributed by atoms with E-state index in [9.17, 15) is 4.79 Å². The molecule has 1 unspecified atom stereocenters. The SMILES string of the molecule is O=C(C1NCCS1)[C@@H]1CCCN1. The number of hydrogen-bond acceptors (Lipinski definition) is 4. The summed E-state index contributed by atoms with van der Waals surface area (Å²) < 4.78 is 0. The Hall–Kier alpha value is -0.0600. The number of thioether (sulfide) groups is 1. The van der Waals surface area contributed by atoms with E-state index in [1.165, 1.54) is 0 Å². The van der Waals surface area contributed by atoms with Crippen molar-refractivity contribution in [2.45, 2.75) is 24.3 Å². The van der Waals surface area contributed by atoms with Gasteiger partial charge in [-0.05, 0) is 19.4 Å². The molecule has 0 bridgehead atoms. The van der Waals surface area contributed by atoms with Crippen LogP contribution in [0.5, 0.6) is 0 Å². The number of Topliss-reactive ketones (excluding diaryl/α,β-unsaturated/α-hetero) is 1. The summed E-state index contributed by atoms with van der Waals surface area (Å²) in [5.74, 6) is 1.43. The molecular formula is C8H14N2OS. The second-order valence-electron chi connectivity index (χ2n) is 3.26. The molecule has 2 saturated heterocycles. The molecule has 12 heavy (non-hydrogen) atoms. The monoisotopic (exact) mass is 186 g/mol. The molecule has 2 aliphatic heterocycles. The minimum absolute atomic E-state index is 0.0700. The zero-order valence-electron chi connectivity index (χ0n) is 7.01. The maximum absolute atomic E-state index is 11.7. The Morgan fingerprint density at radius 3 is 2.83 bits per heavy atom. The van der Waals surface area contributed by atoms with Crippen molar-refractivity contribution in [2.75, 3.05) is 18.8 Å². The molecule has 4 heteroatoms. The van der Waals surface area contributed by atoms with Crippen LogP contribution in [-0.2, 0) is 4.79 Å². The third-order valence-electron chi connectivity index (χ3n) is 2.38. The molecule has 0 radical (unpaired) electrons. The van der Waals surface area contributed by atoms with Crippen molar-refractivity contribution < 1.29 is 4.79 Å². The van der Waals surface area contributed by atoms with Crippen LogP contribution < -0.4 is 10.6 Å². The molecule has 0 saturated carbocycles. The molecule has 2 aliphatic rings. The van der Waals surface area contributed by atoms with Gasteiger partial charge in [0.15, 0.2) is 5.78 Å². The summed E-state index contributed by atoms with van der Waals surface area (Å²) >= 11 is 1.74. The molecule has 2 heterocycles. The summed E-state index contributed by atoms with van der Waals surface area (Å²) in [6.45, 7) is 1.99. The highest BCUT2D eigenvalue weighted by Gasteiger charge is 2.30. The van der Waals surface area contributed by atoms with E-state index in [2.05, 4.69) is 10.6 Å². The van der Waals surface area contributed by atoms with Crippen molar-refractivity contribution in [3.8, 4) is 0 Å². The van der Waals surface area contributed by atoms with Gasteiger partial charge >= 0.3 is 0 Å². The summed E-state index contributed by atoms with van der Waals surface area (Å²) in [5.41, 5.74) is 0. The van der Waals surface area contributed by atoms with Gasteiger partial charge in [0.25, 0.3) is 0 Å². The Labute approximate surface area is 76.7 Å². The fraction of sp³-hybridized carbons (Fsp3) is 0.875. The Balaban J connectivity index is 1.89. The van der Waals surface area contributed by atoms with Crippen LogP contribution in [0.1, 0.15) is 12.8 Å². The summed E-state index contributed by atoms with van der Waals surface area (Å²) in [6.07, 6.45) is 2.17. The van der Waals surface area contributed by atoms with Crippen LogP contribution in [-0.4, -0.2) is 36.0 Å². The Morgan fingerprint density at radius 2 is 2.25 bits per heavy atom. The molecule has 2 fully saturated rings. The lowest BCUT2D eigenvalue weighted by Gasteiger charge is -2.13. The zero-order valence-corrected chi connectivity index (χ0v) is 7.82. The second-order valence-corrected chi connectivity index (χ2v) is 4.47. The highest BCUT2D eigenvalue weighted by molar-refractivity contribution is 8.00. The fourth-order valence-electron chi connectivity index (χ4n) is 1.72. The predicted molar refractivity (Wildman–Crippen MR) is 50.3 cm³/mol. The molecule has 2 atom stereocenters. The van der Waals surface area contributed by atoms with Crippen LogP contribution in [0.25, 0.3) is 0 Å². The molecular weight excluding hydrogens is 172 g/mol. The van der Waals surface area contributed by atoms with E-state index >= 15 is 0 Å². The van der Waals surface area contributed by atoms with E-state index < -0.39 is 0 Å². The normalized spacial score (nSPS) is 35.7. The molecule has 0 aromatic rings. The lowest BCUT2D eigenvalue weighted by atomic mass is 10.1. The van der Waals surface area contributed by atoms with E-state index in [1.54, 1.807) is 11.8 Å². The van der Waals surface area contributed by atoms with E-state index in [4.69, 9.17) is 0 Å². The van der Waals surface area contributed by atoms with Gasteiger partial charge in [0.2, 0.25) is 0 Å². The highest BCUT2D eigenvalue weighted by Crippen LogP contribution is 2.18. The summed E-state index contributed by atoms with van der Waals surface area (Å²) in [6, 6.07) is 0.132. The van der Waals surface area contributed by atoms with Gasteiger partial charge in [-0.1, -0.05) is 0 Å². The van der Waals surface area contributed by atoms with Crippen molar-refractivity contribution >= 4 is 17.5 Å². The molecule has 2 rings (SSSR count). The van der Waals surface area contributed by atoms with Crippen LogP contribution in [0, 0.1) is 0 Å². The molecule has 0 amide bonds. The largest absolute Gasteiger partial charge is 0.307 e. The first-order chi connectivity index (χ1) is 5.88. The second kappa shape index (κ2) is 3.77. The van der Waals surface area contributed by atoms with Gasteiger partial charge in [-0.25, -0.2) is 0 Å². The number of nitrogens with one attached hydrogen (secondary N) is 2. The van der Waals surface area contributed by atoms with E-state index in [-0.39, 0.29) is 11.4 Å². The minimum atomic E-state index is 0.0700. The Bertz CT molecular complexity index is 156. The number of carbonyl (C=O) groups is 1. The fourth-order valence-corrected chi connectivity index (χ4v) is 2.75. The predicted octanol–water partition coefficient (Wildman–Crippen LogP) is -0.0300. The first-order valence-electron chi connectivity index (χ1n) is 4.50. The van der Waals surface area contributed by atoms with Crippen LogP contribution in [0.3, 0.4) is 0 Å². The van der Waals surface area contributed by atoms with Crippen LogP contribution >= 0.6 is 11.8 Å². The maximum Gasteiger partial charge on any atom is 0.176 e. The molecule has 0 spiro atoms. The molecule has 68 valence electrons. The van der Waals surface area contributed by atoms with Crippen molar-refractivity contribution in [1.29, 1.82) is 0 Å². The smallest absolute Gasteiger partial charge is 0.176 e. The summed E-state index contributed by atoms with van der Waals surface area (Å²) in [7, 11) is 0. The van der Waals surface area contributed by atoms with Crippen molar-refractivity contribution in [3.63, 3.8) is 0 Å².